The molecule has 436 valence electrons. The van der Waals surface area contributed by atoms with Gasteiger partial charge in [-0.05, 0) is 122 Å². The number of esters is 1. The van der Waals surface area contributed by atoms with Crippen molar-refractivity contribution in [2.45, 2.75) is 226 Å². The molecule has 0 saturated heterocycles. The molecule has 0 bridgehead atoms. The van der Waals surface area contributed by atoms with Gasteiger partial charge in [0, 0.05) is 12.8 Å². The Kier molecular flexibility index (Phi) is 52.3. The third-order valence-corrected chi connectivity index (χ3v) is 13.2. The number of ether oxygens (including phenoxy) is 1. The van der Waals surface area contributed by atoms with Crippen molar-refractivity contribution in [3.05, 3.63) is 146 Å². The summed E-state index contributed by atoms with van der Waals surface area (Å²) in [5.41, 5.74) is 0. The molecule has 0 aromatic rings. The van der Waals surface area contributed by atoms with Gasteiger partial charge in [0.25, 0.3) is 7.82 Å². The Morgan fingerprint density at radius 1 is 0.468 bits per heavy atom. The zero-order chi connectivity index (χ0) is 56.4. The normalized spacial score (nSPS) is 14.7. The molecule has 9 nitrogen and oxygen atoms in total. The van der Waals surface area contributed by atoms with Crippen molar-refractivity contribution in [3.8, 4) is 0 Å². The van der Waals surface area contributed by atoms with Crippen LogP contribution in [0.3, 0.4) is 0 Å². The Balaban J connectivity index is 5.38. The Morgan fingerprint density at radius 3 is 1.27 bits per heavy atom. The molecule has 1 N–H and O–H groups in total. The summed E-state index contributed by atoms with van der Waals surface area (Å²) >= 11 is 0. The standard InChI is InChI=1S/C67H111N2O7P/c1-7-10-13-16-19-22-25-27-29-31-32-33-34-35-36-38-39-41-44-47-50-53-56-59-66(70)68-64(63-75-77(72,73)74-62-61-69(4,5)6)65(58-55-52-49-46-43-24-21-18-15-12-9-3)76-67(71)60-57-54-51-48-45-42-40-37-30-28-26-23-20-17-14-11-8-2/h10-11,13-14,19-20,22-23,27-30,32-33,35-36,39-42,48,51,55,58,64-65H,7-9,12,15-18,21,24-26,31,34,37-38,43-47,49-50,52-54,56-57,59-63H2,1-6H3,(H-,68,70,72,73)/b13-10-,14-11-,22-19-,23-20-,29-27-,30-28-,33-32-,36-35-,41-39-,42-40-,51-48-,58-55-. The number of carbonyl (C=O) groups is 2. The molecule has 0 fully saturated rings. The molecule has 0 aromatic carbocycles. The molecule has 0 aliphatic carbocycles. The molecule has 0 aliphatic rings. The fourth-order valence-corrected chi connectivity index (χ4v) is 8.40. The van der Waals surface area contributed by atoms with Crippen LogP contribution in [0.2, 0.25) is 0 Å². The van der Waals surface area contributed by atoms with E-state index in [-0.39, 0.29) is 25.4 Å². The van der Waals surface area contributed by atoms with E-state index in [9.17, 15) is 19.0 Å². The van der Waals surface area contributed by atoms with Gasteiger partial charge in [-0.15, -0.1) is 0 Å². The summed E-state index contributed by atoms with van der Waals surface area (Å²) in [6.07, 6.45) is 79.7. The lowest BCUT2D eigenvalue weighted by atomic mass is 10.1. The molecule has 0 rings (SSSR count). The molecular formula is C67H111N2O7P. The molecule has 0 aliphatic heterocycles. The van der Waals surface area contributed by atoms with Crippen LogP contribution in [0.4, 0.5) is 0 Å². The van der Waals surface area contributed by atoms with E-state index in [4.69, 9.17) is 13.8 Å². The van der Waals surface area contributed by atoms with E-state index in [1.54, 1.807) is 6.08 Å². The van der Waals surface area contributed by atoms with Crippen LogP contribution in [-0.2, 0) is 27.9 Å². The van der Waals surface area contributed by atoms with Crippen molar-refractivity contribution in [2.75, 3.05) is 40.9 Å². The third kappa shape index (κ3) is 56.4. The van der Waals surface area contributed by atoms with Crippen LogP contribution in [0.1, 0.15) is 213 Å². The predicted molar refractivity (Wildman–Crippen MR) is 329 cm³/mol. The summed E-state index contributed by atoms with van der Waals surface area (Å²) in [4.78, 5) is 39.9. The number of rotatable bonds is 52. The van der Waals surface area contributed by atoms with Gasteiger partial charge in [0.1, 0.15) is 19.3 Å². The lowest BCUT2D eigenvalue weighted by Crippen LogP contribution is -2.47. The van der Waals surface area contributed by atoms with E-state index in [2.05, 4.69) is 160 Å². The molecule has 1 amide bonds. The Labute approximate surface area is 472 Å². The number of amides is 1. The number of nitrogens with one attached hydrogen (secondary N) is 1. The smallest absolute Gasteiger partial charge is 0.306 e. The first-order valence-corrected chi connectivity index (χ1v) is 31.6. The van der Waals surface area contributed by atoms with Crippen molar-refractivity contribution in [1.82, 2.24) is 5.32 Å². The average molecular weight is 1090 g/mol. The Morgan fingerprint density at radius 2 is 0.844 bits per heavy atom. The summed E-state index contributed by atoms with van der Waals surface area (Å²) < 4.78 is 30.2. The van der Waals surface area contributed by atoms with E-state index in [1.807, 2.05) is 27.2 Å². The second kappa shape index (κ2) is 55.2. The maximum absolute atomic E-state index is 13.5. The SMILES string of the molecule is CC/C=C\C/C=C\C/C=C\C/C=C\C/C=C\C/C=C\CCCCCCC(=O)NC(COP(=O)([O-])OCC[N+](C)(C)C)C(/C=C\CCCCCCCCCCC)OC(=O)CCC/C=C\C/C=C\C/C=C\C/C=C\C/C=C\CC. The van der Waals surface area contributed by atoms with Crippen LogP contribution in [0, 0.1) is 0 Å². The number of allylic oxidation sites excluding steroid dienone is 23. The molecule has 0 saturated carbocycles. The Hall–Kier alpha value is -4.11. The maximum Gasteiger partial charge on any atom is 0.306 e. The number of nitrogens with zero attached hydrogens (tertiary/aromatic N) is 1. The molecule has 77 heavy (non-hydrogen) atoms. The number of quaternary nitrogens is 1. The average Bonchev–Trinajstić information content (AvgIpc) is 3.39. The first-order chi connectivity index (χ1) is 37.4. The highest BCUT2D eigenvalue weighted by atomic mass is 31.2. The highest BCUT2D eigenvalue weighted by molar-refractivity contribution is 7.45. The van der Waals surface area contributed by atoms with Crippen molar-refractivity contribution >= 4 is 19.7 Å². The zero-order valence-corrected chi connectivity index (χ0v) is 50.5. The molecule has 0 spiro atoms. The van der Waals surface area contributed by atoms with Crippen LogP contribution in [-0.4, -0.2) is 69.4 Å². The van der Waals surface area contributed by atoms with Crippen LogP contribution < -0.4 is 10.2 Å². The van der Waals surface area contributed by atoms with Crippen LogP contribution in [0.5, 0.6) is 0 Å². The number of carbonyl (C=O) groups excluding carboxylic acids is 2. The van der Waals surface area contributed by atoms with Gasteiger partial charge >= 0.3 is 5.97 Å². The first-order valence-electron chi connectivity index (χ1n) is 30.1. The Bertz CT molecular complexity index is 1830. The van der Waals surface area contributed by atoms with E-state index in [1.165, 1.54) is 44.9 Å². The van der Waals surface area contributed by atoms with Gasteiger partial charge in [0.2, 0.25) is 5.91 Å². The summed E-state index contributed by atoms with van der Waals surface area (Å²) in [5, 5.41) is 2.99. The summed E-state index contributed by atoms with van der Waals surface area (Å²) in [5.74, 6) is -0.653. The van der Waals surface area contributed by atoms with Crippen LogP contribution in [0.25, 0.3) is 0 Å². The molecule has 0 aromatic heterocycles. The molecule has 3 unspecified atom stereocenters. The van der Waals surface area contributed by atoms with Gasteiger partial charge in [0.15, 0.2) is 0 Å². The lowest BCUT2D eigenvalue weighted by molar-refractivity contribution is -0.870. The number of likely N-dealkylation sites (N-methyl/N-ethyl adjacent to an activating group) is 1. The third-order valence-electron chi connectivity index (χ3n) is 12.3. The number of unbranched alkanes of at least 4 members (excludes halogenated alkanes) is 14. The fourth-order valence-electron chi connectivity index (χ4n) is 7.68. The molecule has 10 heteroatoms. The van der Waals surface area contributed by atoms with Gasteiger partial charge < -0.3 is 28.5 Å². The van der Waals surface area contributed by atoms with Gasteiger partial charge in [0.05, 0.1) is 33.8 Å². The van der Waals surface area contributed by atoms with Gasteiger partial charge in [-0.3, -0.25) is 14.2 Å². The topological polar surface area (TPSA) is 114 Å². The number of phosphoric ester groups is 1. The minimum atomic E-state index is -4.73. The highest BCUT2D eigenvalue weighted by Gasteiger charge is 2.27. The minimum Gasteiger partial charge on any atom is -0.756 e. The van der Waals surface area contributed by atoms with E-state index in [0.717, 1.165) is 122 Å². The lowest BCUT2D eigenvalue weighted by Gasteiger charge is -2.30. The predicted octanol–water partition coefficient (Wildman–Crippen LogP) is 18.0. The van der Waals surface area contributed by atoms with Gasteiger partial charge in [-0.25, -0.2) is 0 Å². The van der Waals surface area contributed by atoms with Crippen molar-refractivity contribution < 1.29 is 37.3 Å². The second-order valence-corrected chi connectivity index (χ2v) is 22.1. The van der Waals surface area contributed by atoms with Crippen LogP contribution >= 0.6 is 7.82 Å². The van der Waals surface area contributed by atoms with E-state index in [0.29, 0.717) is 23.9 Å². The largest absolute Gasteiger partial charge is 0.756 e. The summed E-state index contributed by atoms with van der Waals surface area (Å²) in [6.45, 7) is 6.52. The maximum atomic E-state index is 13.5. The molecule has 3 atom stereocenters. The summed E-state index contributed by atoms with van der Waals surface area (Å²) in [6, 6.07) is -0.936. The van der Waals surface area contributed by atoms with E-state index < -0.39 is 32.5 Å². The first kappa shape index (κ1) is 72.9. The molecule has 0 radical (unpaired) electrons. The summed E-state index contributed by atoms with van der Waals surface area (Å²) in [7, 11) is 1.11. The molecular weight excluding hydrogens is 976 g/mol. The van der Waals surface area contributed by atoms with Crippen molar-refractivity contribution in [3.63, 3.8) is 0 Å². The highest BCUT2D eigenvalue weighted by Crippen LogP contribution is 2.38. The number of phosphoric acid groups is 1. The zero-order valence-electron chi connectivity index (χ0n) is 49.6. The number of hydrogen-bond acceptors (Lipinski definition) is 7. The van der Waals surface area contributed by atoms with Crippen molar-refractivity contribution in [1.29, 1.82) is 0 Å². The van der Waals surface area contributed by atoms with Crippen LogP contribution in [0.15, 0.2) is 146 Å². The van der Waals surface area contributed by atoms with Gasteiger partial charge in [-0.2, -0.15) is 0 Å². The van der Waals surface area contributed by atoms with Gasteiger partial charge in [-0.1, -0.05) is 225 Å². The monoisotopic (exact) mass is 1090 g/mol. The van der Waals surface area contributed by atoms with E-state index >= 15 is 0 Å². The fraction of sp³-hybridized carbons (Fsp3) is 0.612. The quantitative estimate of drug-likeness (QED) is 0.0212. The van der Waals surface area contributed by atoms with Crippen molar-refractivity contribution in [2.24, 2.45) is 0 Å². The second-order valence-electron chi connectivity index (χ2n) is 20.7. The number of hydrogen-bond donors (Lipinski definition) is 1. The molecule has 0 heterocycles. The minimum absolute atomic E-state index is 0.0453.